The molecule has 0 unspecified atom stereocenters. The maximum atomic E-state index is 5.89. The van der Waals surface area contributed by atoms with Gasteiger partial charge in [-0.05, 0) is 42.5 Å². The van der Waals surface area contributed by atoms with Crippen LogP contribution in [0.5, 0.6) is 5.75 Å². The predicted octanol–water partition coefficient (Wildman–Crippen LogP) is 4.74. The van der Waals surface area contributed by atoms with E-state index >= 15 is 0 Å². The first-order valence-corrected chi connectivity index (χ1v) is 9.49. The maximum absolute atomic E-state index is 5.89. The number of hydrogen-bond acceptors (Lipinski definition) is 6. The lowest BCUT2D eigenvalue weighted by Crippen LogP contribution is -1.98. The lowest BCUT2D eigenvalue weighted by molar-refractivity contribution is 0.306. The van der Waals surface area contributed by atoms with Gasteiger partial charge < -0.3 is 10.1 Å². The number of nitrogens with one attached hydrogen (secondary N) is 2. The normalized spacial score (nSPS) is 10.8. The van der Waals surface area contributed by atoms with Gasteiger partial charge in [0, 0.05) is 40.8 Å². The van der Waals surface area contributed by atoms with E-state index in [-0.39, 0.29) is 0 Å². The molecule has 5 aromatic rings. The molecule has 0 atom stereocenters. The zero-order valence-electron chi connectivity index (χ0n) is 16.0. The summed E-state index contributed by atoms with van der Waals surface area (Å²) in [5.41, 5.74) is 3.82. The Morgan fingerprint density at radius 2 is 1.93 bits per heavy atom. The number of H-pyrrole nitrogens is 1. The van der Waals surface area contributed by atoms with Crippen LogP contribution >= 0.6 is 0 Å². The molecule has 3 aromatic heterocycles. The van der Waals surface area contributed by atoms with Crippen LogP contribution in [0.3, 0.4) is 0 Å². The molecule has 0 aliphatic heterocycles. The van der Waals surface area contributed by atoms with Gasteiger partial charge in [0.15, 0.2) is 5.82 Å². The number of ether oxygens (including phenoxy) is 1. The van der Waals surface area contributed by atoms with Crippen LogP contribution in [0, 0.1) is 0 Å². The Balaban J connectivity index is 1.34. The average molecular weight is 394 g/mol. The summed E-state index contributed by atoms with van der Waals surface area (Å²) in [6, 6.07) is 19.5. The van der Waals surface area contributed by atoms with Gasteiger partial charge in [-0.25, -0.2) is 9.97 Å². The van der Waals surface area contributed by atoms with Crippen molar-refractivity contribution in [2.24, 2.45) is 0 Å². The minimum Gasteiger partial charge on any atom is -0.489 e. The van der Waals surface area contributed by atoms with Crippen LogP contribution in [0.25, 0.3) is 22.3 Å². The number of aromatic nitrogens is 5. The van der Waals surface area contributed by atoms with Crippen molar-refractivity contribution in [3.05, 3.63) is 91.0 Å². The summed E-state index contributed by atoms with van der Waals surface area (Å²) in [7, 11) is 0. The van der Waals surface area contributed by atoms with Gasteiger partial charge in [-0.3, -0.25) is 10.1 Å². The van der Waals surface area contributed by atoms with Crippen LogP contribution in [0.4, 0.5) is 11.5 Å². The van der Waals surface area contributed by atoms with E-state index in [1.165, 1.54) is 0 Å². The molecule has 0 spiro atoms. The second-order valence-corrected chi connectivity index (χ2v) is 6.74. The van der Waals surface area contributed by atoms with Crippen LogP contribution in [-0.2, 0) is 6.61 Å². The smallest absolute Gasteiger partial charge is 0.161 e. The van der Waals surface area contributed by atoms with Crippen LogP contribution in [0.2, 0.25) is 0 Å². The second kappa shape index (κ2) is 8.00. The molecule has 0 aliphatic carbocycles. The molecule has 3 heterocycles. The number of anilines is 2. The highest BCUT2D eigenvalue weighted by Crippen LogP contribution is 2.24. The lowest BCUT2D eigenvalue weighted by atomic mass is 10.2. The van der Waals surface area contributed by atoms with Gasteiger partial charge in [-0.1, -0.05) is 18.2 Å². The topological polar surface area (TPSA) is 88.6 Å². The SMILES string of the molecule is c1cncc(COc2cccc(-c3nccc(Nc4ccc5[nH]ncc5c4)n3)c2)c1. The number of pyridine rings is 1. The first-order chi connectivity index (χ1) is 14.8. The lowest BCUT2D eigenvalue weighted by Gasteiger charge is -2.09. The van der Waals surface area contributed by atoms with Gasteiger partial charge in [-0.2, -0.15) is 5.10 Å². The number of nitrogens with zero attached hydrogens (tertiary/aromatic N) is 4. The summed E-state index contributed by atoms with van der Waals surface area (Å²) in [6.07, 6.45) is 7.08. The zero-order chi connectivity index (χ0) is 20.2. The number of rotatable bonds is 6. The molecule has 2 aromatic carbocycles. The summed E-state index contributed by atoms with van der Waals surface area (Å²) in [5, 5.41) is 11.4. The Kier molecular flexibility index (Phi) is 4.75. The summed E-state index contributed by atoms with van der Waals surface area (Å²) in [6.45, 7) is 0.455. The third-order valence-corrected chi connectivity index (χ3v) is 4.59. The first-order valence-electron chi connectivity index (χ1n) is 9.49. The highest BCUT2D eigenvalue weighted by Gasteiger charge is 2.06. The molecule has 0 bridgehead atoms. The molecular formula is C23H18N6O. The minimum absolute atomic E-state index is 0.455. The van der Waals surface area contributed by atoms with E-state index in [1.807, 2.05) is 60.7 Å². The van der Waals surface area contributed by atoms with Crippen molar-refractivity contribution in [2.45, 2.75) is 6.61 Å². The van der Waals surface area contributed by atoms with Gasteiger partial charge in [-0.15, -0.1) is 0 Å². The molecule has 5 rings (SSSR count). The third kappa shape index (κ3) is 3.95. The molecule has 0 fully saturated rings. The summed E-state index contributed by atoms with van der Waals surface area (Å²) in [4.78, 5) is 13.2. The Morgan fingerprint density at radius 1 is 0.933 bits per heavy atom. The first kappa shape index (κ1) is 17.8. The molecule has 0 aliphatic rings. The Labute approximate surface area is 172 Å². The number of benzene rings is 2. The Bertz CT molecular complexity index is 1290. The quantitative estimate of drug-likeness (QED) is 0.433. The molecule has 0 saturated carbocycles. The van der Waals surface area contributed by atoms with Crippen LogP contribution < -0.4 is 10.1 Å². The van der Waals surface area contributed by atoms with Gasteiger partial charge in [0.1, 0.15) is 18.2 Å². The molecular weight excluding hydrogens is 376 g/mol. The van der Waals surface area contributed by atoms with Crippen LogP contribution in [0.15, 0.2) is 85.5 Å². The zero-order valence-corrected chi connectivity index (χ0v) is 16.0. The Morgan fingerprint density at radius 3 is 2.87 bits per heavy atom. The van der Waals surface area contributed by atoms with Crippen molar-refractivity contribution < 1.29 is 4.74 Å². The molecule has 146 valence electrons. The van der Waals surface area contributed by atoms with E-state index in [0.29, 0.717) is 18.2 Å². The highest BCUT2D eigenvalue weighted by molar-refractivity contribution is 5.82. The molecule has 30 heavy (non-hydrogen) atoms. The fraction of sp³-hybridized carbons (Fsp3) is 0.0435. The summed E-state index contributed by atoms with van der Waals surface area (Å²) >= 11 is 0. The number of hydrogen-bond donors (Lipinski definition) is 2. The van der Waals surface area contributed by atoms with Crippen molar-refractivity contribution in [2.75, 3.05) is 5.32 Å². The van der Waals surface area contributed by atoms with Crippen molar-refractivity contribution in [3.8, 4) is 17.1 Å². The maximum Gasteiger partial charge on any atom is 0.161 e. The van der Waals surface area contributed by atoms with E-state index in [4.69, 9.17) is 4.74 Å². The fourth-order valence-electron chi connectivity index (χ4n) is 3.11. The second-order valence-electron chi connectivity index (χ2n) is 6.74. The molecule has 7 nitrogen and oxygen atoms in total. The number of aromatic amines is 1. The summed E-state index contributed by atoms with van der Waals surface area (Å²) < 4.78 is 5.89. The molecule has 0 radical (unpaired) electrons. The molecule has 2 N–H and O–H groups in total. The monoisotopic (exact) mass is 394 g/mol. The van der Waals surface area contributed by atoms with Gasteiger partial charge in [0.2, 0.25) is 0 Å². The van der Waals surface area contributed by atoms with E-state index in [9.17, 15) is 0 Å². The minimum atomic E-state index is 0.455. The van der Waals surface area contributed by atoms with E-state index in [2.05, 4.69) is 30.5 Å². The van der Waals surface area contributed by atoms with Crippen molar-refractivity contribution in [3.63, 3.8) is 0 Å². The van der Waals surface area contributed by atoms with Crippen molar-refractivity contribution in [1.29, 1.82) is 0 Å². The van der Waals surface area contributed by atoms with E-state index in [1.54, 1.807) is 24.8 Å². The summed E-state index contributed by atoms with van der Waals surface area (Å²) in [5.74, 6) is 2.09. The fourth-order valence-corrected chi connectivity index (χ4v) is 3.11. The van der Waals surface area contributed by atoms with Gasteiger partial charge in [0.25, 0.3) is 0 Å². The number of fused-ring (bicyclic) bond motifs is 1. The van der Waals surface area contributed by atoms with Gasteiger partial charge in [0.05, 0.1) is 11.7 Å². The van der Waals surface area contributed by atoms with Crippen LogP contribution in [0.1, 0.15) is 5.56 Å². The molecule has 0 amide bonds. The van der Waals surface area contributed by atoms with E-state index in [0.717, 1.165) is 33.5 Å². The Hall–Kier alpha value is -4.26. The third-order valence-electron chi connectivity index (χ3n) is 4.59. The molecule has 0 saturated heterocycles. The van der Waals surface area contributed by atoms with Crippen molar-refractivity contribution >= 4 is 22.4 Å². The van der Waals surface area contributed by atoms with Crippen LogP contribution in [-0.4, -0.2) is 25.1 Å². The highest BCUT2D eigenvalue weighted by atomic mass is 16.5. The standard InChI is InChI=1S/C23H18N6O/c1-4-17(12-20(5-1)30-15-16-3-2-9-24-13-16)23-25-10-8-22(28-23)27-19-6-7-21-18(11-19)14-26-29-21/h1-14H,15H2,(H,26,29)(H,25,27,28). The van der Waals surface area contributed by atoms with Crippen molar-refractivity contribution in [1.82, 2.24) is 25.1 Å². The molecule has 7 heteroatoms. The van der Waals surface area contributed by atoms with E-state index < -0.39 is 0 Å². The largest absolute Gasteiger partial charge is 0.489 e. The van der Waals surface area contributed by atoms with Gasteiger partial charge >= 0.3 is 0 Å². The predicted molar refractivity (Wildman–Crippen MR) is 115 cm³/mol. The average Bonchev–Trinajstić information content (AvgIpc) is 3.27.